The lowest BCUT2D eigenvalue weighted by molar-refractivity contribution is 0.0947. The van der Waals surface area contributed by atoms with Crippen LogP contribution in [0.2, 0.25) is 0 Å². The van der Waals surface area contributed by atoms with Crippen molar-refractivity contribution in [2.24, 2.45) is 5.92 Å². The van der Waals surface area contributed by atoms with Crippen LogP contribution in [0, 0.1) is 12.8 Å². The molecule has 1 aliphatic heterocycles. The van der Waals surface area contributed by atoms with E-state index in [0.717, 1.165) is 0 Å². The zero-order chi connectivity index (χ0) is 14.0. The van der Waals surface area contributed by atoms with Crippen molar-refractivity contribution in [3.05, 3.63) is 33.7 Å². The second kappa shape index (κ2) is 5.16. The number of carbonyl (C=O) groups is 1. The van der Waals surface area contributed by atoms with Crippen LogP contribution in [0.4, 0.5) is 0 Å². The van der Waals surface area contributed by atoms with Gasteiger partial charge in [0.25, 0.3) is 11.5 Å². The van der Waals surface area contributed by atoms with E-state index in [2.05, 4.69) is 10.3 Å². The Hall–Kier alpha value is -1.63. The molecule has 0 spiro atoms. The van der Waals surface area contributed by atoms with E-state index in [9.17, 15) is 18.0 Å². The number of pyridine rings is 1. The van der Waals surface area contributed by atoms with Gasteiger partial charge < -0.3 is 10.3 Å². The number of amides is 1. The van der Waals surface area contributed by atoms with Gasteiger partial charge in [-0.15, -0.1) is 0 Å². The summed E-state index contributed by atoms with van der Waals surface area (Å²) in [6.07, 6.45) is 0.562. The molecule has 1 unspecified atom stereocenters. The van der Waals surface area contributed by atoms with Crippen LogP contribution in [-0.4, -0.2) is 37.4 Å². The van der Waals surface area contributed by atoms with Crippen LogP contribution < -0.4 is 10.9 Å². The highest BCUT2D eigenvalue weighted by atomic mass is 32.2. The van der Waals surface area contributed by atoms with E-state index < -0.39 is 21.3 Å². The lowest BCUT2D eigenvalue weighted by Crippen LogP contribution is -2.33. The molecule has 0 radical (unpaired) electrons. The van der Waals surface area contributed by atoms with E-state index >= 15 is 0 Å². The summed E-state index contributed by atoms with van der Waals surface area (Å²) >= 11 is 0. The molecule has 6 nitrogen and oxygen atoms in total. The molecule has 1 atom stereocenters. The molecule has 0 bridgehead atoms. The van der Waals surface area contributed by atoms with Crippen molar-refractivity contribution in [2.75, 3.05) is 18.1 Å². The maximum Gasteiger partial charge on any atom is 0.260 e. The smallest absolute Gasteiger partial charge is 0.260 e. The van der Waals surface area contributed by atoms with Gasteiger partial charge in [0.2, 0.25) is 0 Å². The third kappa shape index (κ3) is 3.44. The third-order valence-corrected chi connectivity index (χ3v) is 5.01. The summed E-state index contributed by atoms with van der Waals surface area (Å²) in [6.45, 7) is 2.01. The minimum absolute atomic E-state index is 0.0476. The average molecular weight is 284 g/mol. The topological polar surface area (TPSA) is 96.1 Å². The van der Waals surface area contributed by atoms with E-state index in [0.29, 0.717) is 12.1 Å². The lowest BCUT2D eigenvalue weighted by atomic mass is 10.1. The van der Waals surface area contributed by atoms with Gasteiger partial charge in [-0.05, 0) is 31.4 Å². The number of H-pyrrole nitrogens is 1. The number of aromatic amines is 1. The molecule has 0 saturated carbocycles. The summed E-state index contributed by atoms with van der Waals surface area (Å²) in [5, 5.41) is 2.62. The molecule has 1 fully saturated rings. The van der Waals surface area contributed by atoms with Gasteiger partial charge >= 0.3 is 0 Å². The first kappa shape index (κ1) is 13.8. The molecular formula is C12H16N2O4S. The van der Waals surface area contributed by atoms with Crippen molar-refractivity contribution >= 4 is 15.7 Å². The second-order valence-corrected chi connectivity index (χ2v) is 7.09. The van der Waals surface area contributed by atoms with E-state index in [1.165, 1.54) is 6.07 Å². The van der Waals surface area contributed by atoms with Gasteiger partial charge in [0.05, 0.1) is 11.5 Å². The van der Waals surface area contributed by atoms with E-state index in [1.54, 1.807) is 13.0 Å². The Morgan fingerprint density at radius 3 is 2.79 bits per heavy atom. The van der Waals surface area contributed by atoms with E-state index in [4.69, 9.17) is 0 Å². The third-order valence-electron chi connectivity index (χ3n) is 3.18. The molecule has 1 aromatic rings. The van der Waals surface area contributed by atoms with Crippen molar-refractivity contribution < 1.29 is 13.2 Å². The molecule has 1 aromatic heterocycles. The number of nitrogens with one attached hydrogen (secondary N) is 2. The predicted octanol–water partition coefficient (Wildman–Crippen LogP) is -0.152. The summed E-state index contributed by atoms with van der Waals surface area (Å²) < 4.78 is 22.6. The first-order chi connectivity index (χ1) is 8.87. The average Bonchev–Trinajstić information content (AvgIpc) is 2.66. The number of hydrogen-bond acceptors (Lipinski definition) is 4. The Labute approximate surface area is 111 Å². The molecule has 2 rings (SSSR count). The summed E-state index contributed by atoms with van der Waals surface area (Å²) in [7, 11) is -2.94. The molecule has 2 heterocycles. The normalized spacial score (nSPS) is 21.2. The lowest BCUT2D eigenvalue weighted by Gasteiger charge is -2.09. The molecule has 0 aromatic carbocycles. The number of aromatic nitrogens is 1. The Kier molecular flexibility index (Phi) is 3.75. The van der Waals surface area contributed by atoms with Crippen LogP contribution in [0.25, 0.3) is 0 Å². The van der Waals surface area contributed by atoms with Crippen LogP contribution in [0.3, 0.4) is 0 Å². The fraction of sp³-hybridized carbons (Fsp3) is 0.500. The number of carbonyl (C=O) groups excluding carboxylic acids is 1. The first-order valence-electron chi connectivity index (χ1n) is 6.06. The Morgan fingerprint density at radius 1 is 1.47 bits per heavy atom. The van der Waals surface area contributed by atoms with Crippen LogP contribution in [0.1, 0.15) is 22.5 Å². The Morgan fingerprint density at radius 2 is 2.21 bits per heavy atom. The van der Waals surface area contributed by atoms with Crippen LogP contribution in [-0.2, 0) is 9.84 Å². The highest BCUT2D eigenvalue weighted by molar-refractivity contribution is 7.91. The molecule has 0 aliphatic carbocycles. The number of hydrogen-bond donors (Lipinski definition) is 2. The zero-order valence-electron chi connectivity index (χ0n) is 10.6. The SMILES string of the molecule is Cc1ccc(C(=O)NCC2CCS(=O)(=O)C2)c(=O)[nH]1. The molecule has 19 heavy (non-hydrogen) atoms. The van der Waals surface area contributed by atoms with Gasteiger partial charge in [-0.2, -0.15) is 0 Å². The summed E-state index contributed by atoms with van der Waals surface area (Å²) in [5.74, 6) is -0.236. The minimum atomic E-state index is -2.94. The molecule has 7 heteroatoms. The number of rotatable bonds is 3. The Balaban J connectivity index is 1.97. The largest absolute Gasteiger partial charge is 0.352 e. The summed E-state index contributed by atoms with van der Waals surface area (Å²) in [6, 6.07) is 3.12. The first-order valence-corrected chi connectivity index (χ1v) is 7.88. The zero-order valence-corrected chi connectivity index (χ0v) is 11.4. The van der Waals surface area contributed by atoms with E-state index in [-0.39, 0.29) is 29.5 Å². The minimum Gasteiger partial charge on any atom is -0.352 e. The van der Waals surface area contributed by atoms with Gasteiger partial charge in [-0.3, -0.25) is 9.59 Å². The van der Waals surface area contributed by atoms with E-state index in [1.807, 2.05) is 0 Å². The quantitative estimate of drug-likeness (QED) is 0.806. The van der Waals surface area contributed by atoms with Crippen LogP contribution in [0.5, 0.6) is 0 Å². The monoisotopic (exact) mass is 284 g/mol. The second-order valence-electron chi connectivity index (χ2n) is 4.86. The van der Waals surface area contributed by atoms with Gasteiger partial charge in [0, 0.05) is 12.2 Å². The number of aryl methyl sites for hydroxylation is 1. The Bertz CT molecular complexity index is 648. The highest BCUT2D eigenvalue weighted by Crippen LogP contribution is 2.17. The molecule has 104 valence electrons. The van der Waals surface area contributed by atoms with Crippen molar-refractivity contribution in [3.63, 3.8) is 0 Å². The fourth-order valence-corrected chi connectivity index (χ4v) is 3.98. The van der Waals surface area contributed by atoms with Crippen molar-refractivity contribution in [1.29, 1.82) is 0 Å². The molecule has 1 saturated heterocycles. The molecule has 1 amide bonds. The van der Waals surface area contributed by atoms with Crippen LogP contribution >= 0.6 is 0 Å². The maximum absolute atomic E-state index is 11.8. The van der Waals surface area contributed by atoms with Crippen molar-refractivity contribution in [2.45, 2.75) is 13.3 Å². The highest BCUT2D eigenvalue weighted by Gasteiger charge is 2.28. The predicted molar refractivity (Wildman–Crippen MR) is 70.9 cm³/mol. The standard InChI is InChI=1S/C12H16N2O4S/c1-8-2-3-10(12(16)14-8)11(15)13-6-9-4-5-19(17,18)7-9/h2-3,9H,4-7H2,1H3,(H,13,15)(H,14,16). The van der Waals surface area contributed by atoms with Crippen molar-refractivity contribution in [3.8, 4) is 0 Å². The van der Waals surface area contributed by atoms with Gasteiger partial charge in [-0.25, -0.2) is 8.42 Å². The number of sulfone groups is 1. The van der Waals surface area contributed by atoms with Crippen molar-refractivity contribution in [1.82, 2.24) is 10.3 Å². The summed E-state index contributed by atoms with van der Waals surface area (Å²) in [4.78, 5) is 25.9. The molecular weight excluding hydrogens is 268 g/mol. The fourth-order valence-electron chi connectivity index (χ4n) is 2.12. The van der Waals surface area contributed by atoms with Crippen LogP contribution in [0.15, 0.2) is 16.9 Å². The maximum atomic E-state index is 11.8. The molecule has 2 N–H and O–H groups in total. The van der Waals surface area contributed by atoms with Gasteiger partial charge in [0.1, 0.15) is 5.56 Å². The van der Waals surface area contributed by atoms with Gasteiger partial charge in [-0.1, -0.05) is 0 Å². The molecule has 1 aliphatic rings. The summed E-state index contributed by atoms with van der Waals surface area (Å²) in [5.41, 5.74) is 0.298. The van der Waals surface area contributed by atoms with Gasteiger partial charge in [0.15, 0.2) is 9.84 Å².